The molecule has 32 heavy (non-hydrogen) atoms. The first kappa shape index (κ1) is 20.3. The molecule has 0 radical (unpaired) electrons. The number of rotatable bonds is 5. The summed E-state index contributed by atoms with van der Waals surface area (Å²) in [5.41, 5.74) is 3.34. The topological polar surface area (TPSA) is 48.0 Å². The van der Waals surface area contributed by atoms with E-state index >= 15 is 0 Å². The van der Waals surface area contributed by atoms with Crippen molar-refractivity contribution in [2.45, 2.75) is 25.1 Å². The molecule has 2 aliphatic heterocycles. The van der Waals surface area contributed by atoms with Gasteiger partial charge < -0.3 is 14.2 Å². The predicted octanol–water partition coefficient (Wildman–Crippen LogP) is 5.67. The SMILES string of the molecule is O=C(OCc1ccccc1)N1C2C=C(c3ccc(Oc4ccccc4)cc3)CC1COC2. The highest BCUT2D eigenvalue weighted by Gasteiger charge is 2.39. The summed E-state index contributed by atoms with van der Waals surface area (Å²) < 4.78 is 17.2. The van der Waals surface area contributed by atoms with Gasteiger partial charge in [-0.25, -0.2) is 4.79 Å². The molecule has 0 aliphatic carbocycles. The van der Waals surface area contributed by atoms with Gasteiger partial charge in [-0.3, -0.25) is 4.90 Å². The maximum atomic E-state index is 12.8. The third-order valence-electron chi connectivity index (χ3n) is 5.82. The smallest absolute Gasteiger partial charge is 0.411 e. The van der Waals surface area contributed by atoms with Crippen LogP contribution in [0.25, 0.3) is 5.57 Å². The molecule has 5 rings (SSSR count). The van der Waals surface area contributed by atoms with Gasteiger partial charge in [-0.2, -0.15) is 0 Å². The Labute approximate surface area is 187 Å². The number of morpholine rings is 1. The fourth-order valence-corrected chi connectivity index (χ4v) is 4.25. The zero-order valence-electron chi connectivity index (χ0n) is 17.7. The van der Waals surface area contributed by atoms with Crippen molar-refractivity contribution in [2.75, 3.05) is 13.2 Å². The van der Waals surface area contributed by atoms with Gasteiger partial charge in [0, 0.05) is 0 Å². The number of nitrogens with zero attached hydrogens (tertiary/aromatic N) is 1. The zero-order valence-corrected chi connectivity index (χ0v) is 17.7. The van der Waals surface area contributed by atoms with Crippen molar-refractivity contribution < 1.29 is 19.0 Å². The molecule has 5 heteroatoms. The Balaban J connectivity index is 1.27. The molecular weight excluding hydrogens is 402 g/mol. The van der Waals surface area contributed by atoms with Crippen LogP contribution in [0.1, 0.15) is 17.5 Å². The zero-order chi connectivity index (χ0) is 21.8. The van der Waals surface area contributed by atoms with E-state index in [2.05, 4.69) is 18.2 Å². The molecule has 2 aliphatic rings. The Morgan fingerprint density at radius 3 is 2.28 bits per heavy atom. The molecule has 2 unspecified atom stereocenters. The Kier molecular flexibility index (Phi) is 5.90. The highest BCUT2D eigenvalue weighted by atomic mass is 16.6. The van der Waals surface area contributed by atoms with Crippen molar-refractivity contribution in [3.8, 4) is 11.5 Å². The molecule has 2 atom stereocenters. The molecule has 1 saturated heterocycles. The number of hydrogen-bond donors (Lipinski definition) is 0. The van der Waals surface area contributed by atoms with Crippen molar-refractivity contribution in [3.05, 3.63) is 102 Å². The van der Waals surface area contributed by atoms with Gasteiger partial charge in [0.05, 0.1) is 25.3 Å². The lowest BCUT2D eigenvalue weighted by Crippen LogP contribution is -2.56. The minimum Gasteiger partial charge on any atom is -0.457 e. The first-order chi connectivity index (χ1) is 15.8. The summed E-state index contributed by atoms with van der Waals surface area (Å²) in [6.45, 7) is 1.27. The summed E-state index contributed by atoms with van der Waals surface area (Å²) in [6, 6.07) is 27.4. The van der Waals surface area contributed by atoms with Crippen LogP contribution in [0.2, 0.25) is 0 Å². The van der Waals surface area contributed by atoms with Crippen LogP contribution in [-0.4, -0.2) is 36.3 Å². The van der Waals surface area contributed by atoms with E-state index in [-0.39, 0.29) is 24.8 Å². The van der Waals surface area contributed by atoms with Crippen molar-refractivity contribution in [2.24, 2.45) is 0 Å². The van der Waals surface area contributed by atoms with E-state index in [9.17, 15) is 4.79 Å². The average molecular weight is 428 g/mol. The molecule has 1 amide bonds. The first-order valence-electron chi connectivity index (χ1n) is 10.9. The van der Waals surface area contributed by atoms with Crippen LogP contribution >= 0.6 is 0 Å². The normalized spacial score (nSPS) is 19.8. The number of para-hydroxylation sites is 1. The maximum Gasteiger partial charge on any atom is 0.411 e. The van der Waals surface area contributed by atoms with Crippen molar-refractivity contribution in [3.63, 3.8) is 0 Å². The average Bonchev–Trinajstić information content (AvgIpc) is 2.83. The summed E-state index contributed by atoms with van der Waals surface area (Å²) in [6.07, 6.45) is 2.58. The van der Waals surface area contributed by atoms with E-state index in [1.165, 1.54) is 5.57 Å². The lowest BCUT2D eigenvalue weighted by molar-refractivity contribution is -0.0342. The second kappa shape index (κ2) is 9.28. The van der Waals surface area contributed by atoms with Crippen molar-refractivity contribution >= 4 is 11.7 Å². The van der Waals surface area contributed by atoms with Crippen LogP contribution in [-0.2, 0) is 16.1 Å². The lowest BCUT2D eigenvalue weighted by Gasteiger charge is -2.43. The number of carbonyl (C=O) groups is 1. The Hall–Kier alpha value is -3.57. The van der Waals surface area contributed by atoms with Gasteiger partial charge in [-0.05, 0) is 47.4 Å². The van der Waals surface area contributed by atoms with Gasteiger partial charge in [0.15, 0.2) is 0 Å². The van der Waals surface area contributed by atoms with Crippen molar-refractivity contribution in [1.29, 1.82) is 0 Å². The predicted molar refractivity (Wildman–Crippen MR) is 122 cm³/mol. The summed E-state index contributed by atoms with van der Waals surface area (Å²) in [4.78, 5) is 14.7. The van der Waals surface area contributed by atoms with Gasteiger partial charge in [-0.1, -0.05) is 66.7 Å². The molecule has 162 valence electrons. The second-order valence-corrected chi connectivity index (χ2v) is 8.04. The second-order valence-electron chi connectivity index (χ2n) is 8.04. The summed E-state index contributed by atoms with van der Waals surface area (Å²) in [7, 11) is 0. The van der Waals surface area contributed by atoms with E-state index in [0.29, 0.717) is 13.2 Å². The van der Waals surface area contributed by atoms with Gasteiger partial charge in [0.2, 0.25) is 0 Å². The minimum atomic E-state index is -0.283. The third kappa shape index (κ3) is 4.53. The highest BCUT2D eigenvalue weighted by molar-refractivity contribution is 5.74. The van der Waals surface area contributed by atoms with E-state index in [0.717, 1.165) is 29.0 Å². The molecule has 2 heterocycles. The molecule has 1 fully saturated rings. The molecule has 0 aromatic heterocycles. The van der Waals surface area contributed by atoms with E-state index in [1.54, 1.807) is 0 Å². The van der Waals surface area contributed by atoms with Crippen molar-refractivity contribution in [1.82, 2.24) is 4.90 Å². The van der Waals surface area contributed by atoms with Gasteiger partial charge >= 0.3 is 6.09 Å². The molecule has 0 saturated carbocycles. The molecule has 0 N–H and O–H groups in total. The Bertz CT molecular complexity index is 1080. The number of carbonyl (C=O) groups excluding carboxylic acids is 1. The van der Waals surface area contributed by atoms with Crippen LogP contribution < -0.4 is 4.74 Å². The van der Waals surface area contributed by atoms with E-state index in [1.807, 2.05) is 77.7 Å². The summed E-state index contributed by atoms with van der Waals surface area (Å²) >= 11 is 0. The van der Waals surface area contributed by atoms with Gasteiger partial charge in [0.25, 0.3) is 0 Å². The number of ether oxygens (including phenoxy) is 3. The van der Waals surface area contributed by atoms with Crippen LogP contribution in [0.5, 0.6) is 11.5 Å². The minimum absolute atomic E-state index is 0.0303. The monoisotopic (exact) mass is 427 g/mol. The number of amides is 1. The quantitative estimate of drug-likeness (QED) is 0.526. The highest BCUT2D eigenvalue weighted by Crippen LogP contribution is 2.34. The van der Waals surface area contributed by atoms with E-state index < -0.39 is 0 Å². The largest absolute Gasteiger partial charge is 0.457 e. The standard InChI is InChI=1S/C27H25NO4/c29-27(31-17-20-7-3-1-4-8-20)28-23-15-22(16-24(28)19-30-18-23)21-11-13-26(14-12-21)32-25-9-5-2-6-10-25/h1-15,23-24H,16-19H2. The lowest BCUT2D eigenvalue weighted by atomic mass is 9.90. The first-order valence-corrected chi connectivity index (χ1v) is 10.9. The summed E-state index contributed by atoms with van der Waals surface area (Å²) in [5, 5.41) is 0. The number of benzene rings is 3. The Morgan fingerprint density at radius 2 is 1.56 bits per heavy atom. The molecule has 0 spiro atoms. The molecule has 3 aromatic carbocycles. The fraction of sp³-hybridized carbons (Fsp3) is 0.222. The van der Waals surface area contributed by atoms with Gasteiger partial charge in [-0.15, -0.1) is 0 Å². The van der Waals surface area contributed by atoms with Crippen LogP contribution in [0.15, 0.2) is 91.0 Å². The Morgan fingerprint density at radius 1 is 0.875 bits per heavy atom. The van der Waals surface area contributed by atoms with E-state index in [4.69, 9.17) is 14.2 Å². The third-order valence-corrected chi connectivity index (χ3v) is 5.82. The van der Waals surface area contributed by atoms with Crippen LogP contribution in [0, 0.1) is 0 Å². The van der Waals surface area contributed by atoms with Crippen LogP contribution in [0.3, 0.4) is 0 Å². The summed E-state index contributed by atoms with van der Waals surface area (Å²) in [5.74, 6) is 1.61. The van der Waals surface area contributed by atoms with Gasteiger partial charge in [0.1, 0.15) is 18.1 Å². The molecule has 2 bridgehead atoms. The fourth-order valence-electron chi connectivity index (χ4n) is 4.25. The number of hydrogen-bond acceptors (Lipinski definition) is 4. The maximum absolute atomic E-state index is 12.8. The molecule has 5 nitrogen and oxygen atoms in total. The number of fused-ring (bicyclic) bond motifs is 2. The molecule has 3 aromatic rings. The van der Waals surface area contributed by atoms with Crippen LogP contribution in [0.4, 0.5) is 4.79 Å². The molecular formula is C27H25NO4.